The average Bonchev–Trinajstić information content (AvgIpc) is 2.56. The van der Waals surface area contributed by atoms with Crippen LogP contribution in [0.2, 0.25) is 0 Å². The smallest absolute Gasteiger partial charge is 0.123 e. The van der Waals surface area contributed by atoms with Gasteiger partial charge in [0.05, 0.1) is 12.7 Å². The molecule has 3 rings (SSSR count). The summed E-state index contributed by atoms with van der Waals surface area (Å²) in [5.41, 5.74) is 8.03. The Morgan fingerprint density at radius 3 is 2.83 bits per heavy atom. The molecule has 4 nitrogen and oxygen atoms in total. The molecule has 1 fully saturated rings. The Labute approximate surface area is 136 Å². The number of benzene rings is 1. The molecule has 5 heteroatoms. The molecule has 1 atom stereocenters. The zero-order valence-electron chi connectivity index (χ0n) is 13.1. The highest BCUT2D eigenvalue weighted by Crippen LogP contribution is 2.16. The second-order valence-corrected chi connectivity index (χ2v) is 5.98. The fourth-order valence-corrected chi connectivity index (χ4v) is 2.92. The van der Waals surface area contributed by atoms with Crippen molar-refractivity contribution < 1.29 is 9.13 Å². The molecule has 122 valence electrons. The van der Waals surface area contributed by atoms with Gasteiger partial charge in [0.1, 0.15) is 11.6 Å². The van der Waals surface area contributed by atoms with E-state index in [0.29, 0.717) is 5.82 Å². The summed E-state index contributed by atoms with van der Waals surface area (Å²) < 4.78 is 18.8. The molecule has 1 aliphatic heterocycles. The zero-order valence-corrected chi connectivity index (χ0v) is 13.1. The summed E-state index contributed by atoms with van der Waals surface area (Å²) in [5.74, 6) is 0.371. The second-order valence-electron chi connectivity index (χ2n) is 5.98. The molecule has 1 aromatic carbocycles. The highest BCUT2D eigenvalue weighted by atomic mass is 19.1. The minimum absolute atomic E-state index is 0.190. The molecule has 1 aromatic heterocycles. The van der Waals surface area contributed by atoms with Crippen LogP contribution in [-0.2, 0) is 17.7 Å². The van der Waals surface area contributed by atoms with Crippen LogP contribution >= 0.6 is 0 Å². The van der Waals surface area contributed by atoms with Crippen molar-refractivity contribution in [2.24, 2.45) is 0 Å². The largest absolute Gasteiger partial charge is 0.384 e. The number of hydrogen-bond donors (Lipinski definition) is 1. The number of pyridine rings is 1. The van der Waals surface area contributed by atoms with Crippen molar-refractivity contribution in [1.82, 2.24) is 9.88 Å². The van der Waals surface area contributed by atoms with Crippen molar-refractivity contribution in [3.8, 4) is 0 Å². The van der Waals surface area contributed by atoms with E-state index in [-0.39, 0.29) is 11.9 Å². The molecule has 0 radical (unpaired) electrons. The van der Waals surface area contributed by atoms with E-state index in [4.69, 9.17) is 10.5 Å². The van der Waals surface area contributed by atoms with E-state index in [9.17, 15) is 4.39 Å². The summed E-state index contributed by atoms with van der Waals surface area (Å²) in [5, 5.41) is 0. The first-order valence-corrected chi connectivity index (χ1v) is 7.98. The van der Waals surface area contributed by atoms with Gasteiger partial charge < -0.3 is 10.5 Å². The Balaban J connectivity index is 1.50. The summed E-state index contributed by atoms with van der Waals surface area (Å²) in [4.78, 5) is 6.37. The number of hydrogen-bond acceptors (Lipinski definition) is 4. The standard InChI is InChI=1S/C18H22FN3O/c19-16-4-1-15(2-5-16)12-22-9-10-23-17(13-22)6-3-14-7-8-21-18(20)11-14/h1-2,4-5,7-8,11,17H,3,6,9-10,12-13H2,(H2,20,21)/t17-/m0/s1. The van der Waals surface area contributed by atoms with Crippen LogP contribution in [0.4, 0.5) is 10.2 Å². The van der Waals surface area contributed by atoms with Gasteiger partial charge in [-0.15, -0.1) is 0 Å². The van der Waals surface area contributed by atoms with Gasteiger partial charge in [0.2, 0.25) is 0 Å². The van der Waals surface area contributed by atoms with E-state index < -0.39 is 0 Å². The summed E-state index contributed by atoms with van der Waals surface area (Å²) in [7, 11) is 0. The zero-order chi connectivity index (χ0) is 16.1. The Bertz CT molecular complexity index is 632. The third kappa shape index (κ3) is 4.74. The minimum Gasteiger partial charge on any atom is -0.384 e. The highest BCUT2D eigenvalue weighted by Gasteiger charge is 2.20. The van der Waals surface area contributed by atoms with Crippen molar-refractivity contribution >= 4 is 5.82 Å². The molecular weight excluding hydrogens is 293 g/mol. The van der Waals surface area contributed by atoms with Crippen molar-refractivity contribution in [2.45, 2.75) is 25.5 Å². The summed E-state index contributed by atoms with van der Waals surface area (Å²) >= 11 is 0. The predicted molar refractivity (Wildman–Crippen MR) is 88.4 cm³/mol. The van der Waals surface area contributed by atoms with E-state index in [1.54, 1.807) is 6.20 Å². The summed E-state index contributed by atoms with van der Waals surface area (Å²) in [6, 6.07) is 10.6. The maximum absolute atomic E-state index is 13.0. The van der Waals surface area contributed by atoms with Crippen molar-refractivity contribution in [2.75, 3.05) is 25.4 Å². The highest BCUT2D eigenvalue weighted by molar-refractivity contribution is 5.31. The van der Waals surface area contributed by atoms with Gasteiger partial charge in [0, 0.05) is 25.8 Å². The molecule has 2 N–H and O–H groups in total. The lowest BCUT2D eigenvalue weighted by molar-refractivity contribution is -0.0345. The molecule has 23 heavy (non-hydrogen) atoms. The molecular formula is C18H22FN3O. The lowest BCUT2D eigenvalue weighted by Gasteiger charge is -2.33. The first kappa shape index (κ1) is 15.9. The van der Waals surface area contributed by atoms with Crippen molar-refractivity contribution in [1.29, 1.82) is 0 Å². The molecule has 2 heterocycles. The number of rotatable bonds is 5. The minimum atomic E-state index is -0.190. The maximum atomic E-state index is 13.0. The van der Waals surface area contributed by atoms with Crippen LogP contribution in [0, 0.1) is 5.82 Å². The molecule has 2 aromatic rings. The lowest BCUT2D eigenvalue weighted by Crippen LogP contribution is -2.42. The monoisotopic (exact) mass is 315 g/mol. The molecule has 0 spiro atoms. The van der Waals surface area contributed by atoms with E-state index >= 15 is 0 Å². The van der Waals surface area contributed by atoms with Crippen LogP contribution in [0.5, 0.6) is 0 Å². The number of halogens is 1. The number of anilines is 1. The topological polar surface area (TPSA) is 51.4 Å². The number of aryl methyl sites for hydroxylation is 1. The molecule has 1 aliphatic rings. The second kappa shape index (κ2) is 7.53. The predicted octanol–water partition coefficient (Wildman–Crippen LogP) is 2.64. The first-order valence-electron chi connectivity index (χ1n) is 7.98. The van der Waals surface area contributed by atoms with Gasteiger partial charge in [-0.25, -0.2) is 9.37 Å². The lowest BCUT2D eigenvalue weighted by atomic mass is 10.1. The fraction of sp³-hybridized carbons (Fsp3) is 0.389. The summed E-state index contributed by atoms with van der Waals surface area (Å²) in [6.45, 7) is 3.39. The van der Waals surface area contributed by atoms with Gasteiger partial charge >= 0.3 is 0 Å². The van der Waals surface area contributed by atoms with Gasteiger partial charge in [0.15, 0.2) is 0 Å². The Hall–Kier alpha value is -1.98. The Morgan fingerprint density at radius 1 is 1.22 bits per heavy atom. The van der Waals surface area contributed by atoms with Crippen molar-refractivity contribution in [3.63, 3.8) is 0 Å². The van der Waals surface area contributed by atoms with Crippen molar-refractivity contribution in [3.05, 3.63) is 59.5 Å². The van der Waals surface area contributed by atoms with Crippen LogP contribution in [0.15, 0.2) is 42.6 Å². The third-order valence-corrected chi connectivity index (χ3v) is 4.14. The van der Waals surface area contributed by atoms with Crippen LogP contribution < -0.4 is 5.73 Å². The van der Waals surface area contributed by atoms with E-state index in [1.165, 1.54) is 17.7 Å². The van der Waals surface area contributed by atoms with Gasteiger partial charge in [0.25, 0.3) is 0 Å². The Morgan fingerprint density at radius 2 is 2.04 bits per heavy atom. The van der Waals surface area contributed by atoms with Gasteiger partial charge in [-0.2, -0.15) is 0 Å². The molecule has 0 aliphatic carbocycles. The molecule has 1 saturated heterocycles. The first-order chi connectivity index (χ1) is 11.2. The number of morpholine rings is 1. The SMILES string of the molecule is Nc1cc(CC[C@H]2CN(Cc3ccc(F)cc3)CCO2)ccn1. The Kier molecular flexibility index (Phi) is 5.20. The number of nitrogen functional groups attached to an aromatic ring is 1. The van der Waals surface area contributed by atoms with Crippen LogP contribution in [-0.4, -0.2) is 35.7 Å². The average molecular weight is 315 g/mol. The van der Waals surface area contributed by atoms with E-state index in [2.05, 4.69) is 9.88 Å². The molecule has 0 amide bonds. The number of nitrogens with zero attached hydrogens (tertiary/aromatic N) is 2. The van der Waals surface area contributed by atoms with Crippen LogP contribution in [0.3, 0.4) is 0 Å². The van der Waals surface area contributed by atoms with Crippen LogP contribution in [0.25, 0.3) is 0 Å². The number of aromatic nitrogens is 1. The number of ether oxygens (including phenoxy) is 1. The quantitative estimate of drug-likeness (QED) is 0.921. The van der Waals surface area contributed by atoms with E-state index in [0.717, 1.165) is 44.6 Å². The molecule has 0 unspecified atom stereocenters. The molecule has 0 saturated carbocycles. The van der Waals surface area contributed by atoms with Gasteiger partial charge in [-0.1, -0.05) is 12.1 Å². The van der Waals surface area contributed by atoms with Gasteiger partial charge in [-0.3, -0.25) is 4.90 Å². The van der Waals surface area contributed by atoms with E-state index in [1.807, 2.05) is 24.3 Å². The maximum Gasteiger partial charge on any atom is 0.123 e. The number of nitrogens with two attached hydrogens (primary N) is 1. The summed E-state index contributed by atoms with van der Waals surface area (Å²) in [6.07, 6.45) is 3.86. The van der Waals surface area contributed by atoms with Gasteiger partial charge in [-0.05, 0) is 48.2 Å². The normalized spacial score (nSPS) is 18.9. The molecule has 0 bridgehead atoms. The third-order valence-electron chi connectivity index (χ3n) is 4.14. The fourth-order valence-electron chi connectivity index (χ4n) is 2.92. The van der Waals surface area contributed by atoms with Crippen LogP contribution in [0.1, 0.15) is 17.5 Å².